The summed E-state index contributed by atoms with van der Waals surface area (Å²) >= 11 is 0. The van der Waals surface area contributed by atoms with Gasteiger partial charge in [0.05, 0.1) is 28.3 Å². The van der Waals surface area contributed by atoms with Gasteiger partial charge in [0, 0.05) is 18.5 Å². The number of aromatic amines is 1. The smallest absolute Gasteiger partial charge is 0.240 e. The van der Waals surface area contributed by atoms with Crippen LogP contribution in [0.5, 0.6) is 0 Å². The van der Waals surface area contributed by atoms with Crippen LogP contribution in [0.1, 0.15) is 24.4 Å². The molecule has 2 amide bonds. The molecule has 0 unspecified atom stereocenters. The molecule has 0 aliphatic rings. The first-order chi connectivity index (χ1) is 16.6. The number of fused-ring (bicyclic) bond motifs is 2. The van der Waals surface area contributed by atoms with Gasteiger partial charge in [0.1, 0.15) is 12.4 Å². The van der Waals surface area contributed by atoms with Crippen LogP contribution in [0.15, 0.2) is 85.1 Å². The second-order valence-electron chi connectivity index (χ2n) is 8.31. The highest BCUT2D eigenvalue weighted by molar-refractivity contribution is 6.01. The number of hydrogen-bond donors (Lipinski definition) is 3. The van der Waals surface area contributed by atoms with Gasteiger partial charge in [0.2, 0.25) is 11.8 Å². The number of carbonyl (C=O) groups excluding carboxylic acids is 2. The number of nitrogens with one attached hydrogen (secondary N) is 3. The van der Waals surface area contributed by atoms with E-state index in [0.29, 0.717) is 6.42 Å². The maximum Gasteiger partial charge on any atom is 0.240 e. The van der Waals surface area contributed by atoms with Crippen molar-refractivity contribution in [2.24, 2.45) is 0 Å². The number of hydrogen-bond acceptors (Lipinski definition) is 3. The van der Waals surface area contributed by atoms with Crippen molar-refractivity contribution in [3.63, 3.8) is 0 Å². The van der Waals surface area contributed by atoms with Crippen molar-refractivity contribution in [1.82, 2.24) is 19.9 Å². The van der Waals surface area contributed by atoms with Gasteiger partial charge in [-0.3, -0.25) is 9.59 Å². The first-order valence-corrected chi connectivity index (χ1v) is 11.2. The van der Waals surface area contributed by atoms with Gasteiger partial charge in [0.25, 0.3) is 0 Å². The largest absolute Gasteiger partial charge is 0.344 e. The van der Waals surface area contributed by atoms with Crippen LogP contribution in [0, 0.1) is 0 Å². The lowest BCUT2D eigenvalue weighted by molar-refractivity contribution is -0.122. The minimum atomic E-state index is -0.306. The molecule has 0 bridgehead atoms. The van der Waals surface area contributed by atoms with Gasteiger partial charge >= 0.3 is 0 Å². The van der Waals surface area contributed by atoms with Gasteiger partial charge < -0.3 is 20.2 Å². The zero-order chi connectivity index (χ0) is 23.5. The van der Waals surface area contributed by atoms with Crippen LogP contribution >= 0.6 is 0 Å². The average molecular weight is 452 g/mol. The number of amides is 2. The lowest BCUT2D eigenvalue weighted by Crippen LogP contribution is -2.33. The zero-order valence-electron chi connectivity index (χ0n) is 18.8. The van der Waals surface area contributed by atoms with Crippen LogP contribution in [-0.4, -0.2) is 26.3 Å². The molecule has 34 heavy (non-hydrogen) atoms. The molecule has 0 fully saturated rings. The molecule has 2 aromatic heterocycles. The summed E-state index contributed by atoms with van der Waals surface area (Å²) in [7, 11) is 0. The molecular weight excluding hydrogens is 426 g/mol. The molecule has 170 valence electrons. The Morgan fingerprint density at radius 3 is 2.56 bits per heavy atom. The topological polar surface area (TPSA) is 91.8 Å². The van der Waals surface area contributed by atoms with Crippen LogP contribution < -0.4 is 10.6 Å². The van der Waals surface area contributed by atoms with E-state index in [4.69, 9.17) is 4.98 Å². The fourth-order valence-corrected chi connectivity index (χ4v) is 4.26. The number of carbonyl (C=O) groups is 2. The number of benzene rings is 3. The number of imidazole rings is 1. The van der Waals surface area contributed by atoms with Crippen molar-refractivity contribution in [3.8, 4) is 0 Å². The first kappa shape index (κ1) is 21.5. The Bertz CT molecular complexity index is 1440. The molecule has 3 aromatic carbocycles. The van der Waals surface area contributed by atoms with E-state index >= 15 is 0 Å². The fraction of sp³-hybridized carbons (Fsp3) is 0.148. The molecule has 3 N–H and O–H groups in total. The molecule has 5 rings (SSSR count). The van der Waals surface area contributed by atoms with Gasteiger partial charge in [-0.25, -0.2) is 4.98 Å². The van der Waals surface area contributed by atoms with Crippen molar-refractivity contribution in [3.05, 3.63) is 96.4 Å². The summed E-state index contributed by atoms with van der Waals surface area (Å²) in [5.41, 5.74) is 4.52. The number of nitrogens with zero attached hydrogens (tertiary/aromatic N) is 2. The van der Waals surface area contributed by atoms with Gasteiger partial charge in [-0.2, -0.15) is 0 Å². The highest BCUT2D eigenvalue weighted by Gasteiger charge is 2.20. The number of rotatable bonds is 7. The van der Waals surface area contributed by atoms with Crippen LogP contribution in [0.25, 0.3) is 21.9 Å². The summed E-state index contributed by atoms with van der Waals surface area (Å²) < 4.78 is 1.88. The van der Waals surface area contributed by atoms with Crippen molar-refractivity contribution in [2.45, 2.75) is 25.9 Å². The van der Waals surface area contributed by atoms with E-state index in [1.54, 1.807) is 0 Å². The van der Waals surface area contributed by atoms with Gasteiger partial charge in [-0.1, -0.05) is 48.5 Å². The summed E-state index contributed by atoms with van der Waals surface area (Å²) in [4.78, 5) is 32.8. The van der Waals surface area contributed by atoms with E-state index in [-0.39, 0.29) is 24.4 Å². The molecule has 0 saturated heterocycles. The minimum absolute atomic E-state index is 0.121. The SMILES string of the molecule is CC(=O)Nc1cccc2c1ccn2CC(=O)N[C@@H](Cc1ccccc1)c1nc2ccccc2[nH]1. The van der Waals surface area contributed by atoms with Crippen LogP contribution in [0.2, 0.25) is 0 Å². The normalized spacial score (nSPS) is 12.0. The Morgan fingerprint density at radius 2 is 1.76 bits per heavy atom. The molecule has 1 atom stereocenters. The monoisotopic (exact) mass is 451 g/mol. The second-order valence-corrected chi connectivity index (χ2v) is 8.31. The number of aromatic nitrogens is 3. The maximum absolute atomic E-state index is 13.2. The van der Waals surface area contributed by atoms with E-state index in [0.717, 1.165) is 39.0 Å². The average Bonchev–Trinajstić information content (AvgIpc) is 3.44. The summed E-state index contributed by atoms with van der Waals surface area (Å²) in [5.74, 6) is 0.472. The first-order valence-electron chi connectivity index (χ1n) is 11.2. The molecule has 0 radical (unpaired) electrons. The highest BCUT2D eigenvalue weighted by atomic mass is 16.2. The zero-order valence-corrected chi connectivity index (χ0v) is 18.8. The predicted octanol–water partition coefficient (Wildman–Crippen LogP) is 4.58. The Balaban J connectivity index is 1.40. The third-order valence-electron chi connectivity index (χ3n) is 5.79. The molecule has 0 spiro atoms. The lowest BCUT2D eigenvalue weighted by atomic mass is 10.1. The molecule has 5 aromatic rings. The van der Waals surface area contributed by atoms with Gasteiger partial charge in [-0.15, -0.1) is 0 Å². The molecule has 7 nitrogen and oxygen atoms in total. The number of para-hydroxylation sites is 2. The van der Waals surface area contributed by atoms with Crippen LogP contribution in [0.3, 0.4) is 0 Å². The number of H-pyrrole nitrogens is 1. The van der Waals surface area contributed by atoms with E-state index in [9.17, 15) is 9.59 Å². The molecule has 0 aliphatic heterocycles. The Morgan fingerprint density at radius 1 is 0.971 bits per heavy atom. The maximum atomic E-state index is 13.2. The van der Waals surface area contributed by atoms with Crippen molar-refractivity contribution >= 4 is 39.4 Å². The summed E-state index contributed by atoms with van der Waals surface area (Å²) in [5, 5.41) is 6.90. The number of anilines is 1. The van der Waals surface area contributed by atoms with Crippen LogP contribution in [-0.2, 0) is 22.6 Å². The molecule has 0 saturated carbocycles. The van der Waals surface area contributed by atoms with Crippen molar-refractivity contribution in [2.75, 3.05) is 5.32 Å². The Hall–Kier alpha value is -4.39. The molecule has 2 heterocycles. The van der Waals surface area contributed by atoms with Gasteiger partial charge in [-0.05, 0) is 42.3 Å². The van der Waals surface area contributed by atoms with E-state index in [1.165, 1.54) is 6.92 Å². The third kappa shape index (κ3) is 4.54. The van der Waals surface area contributed by atoms with Crippen molar-refractivity contribution < 1.29 is 9.59 Å². The standard InChI is InChI=1S/C27H25N5O2/c1-18(33)28-21-12-7-13-25-20(21)14-15-32(25)17-26(34)29-24(16-19-8-3-2-4-9-19)27-30-22-10-5-6-11-23(22)31-27/h2-15,24H,16-17H2,1H3,(H,28,33)(H,29,34)(H,30,31)/t24-/m0/s1. The van der Waals surface area contributed by atoms with Gasteiger partial charge in [0.15, 0.2) is 0 Å². The quantitative estimate of drug-likeness (QED) is 0.338. The third-order valence-corrected chi connectivity index (χ3v) is 5.79. The Labute approximate surface area is 196 Å². The predicted molar refractivity (Wildman–Crippen MR) is 133 cm³/mol. The van der Waals surface area contributed by atoms with E-state index < -0.39 is 0 Å². The van der Waals surface area contributed by atoms with E-state index in [1.807, 2.05) is 89.6 Å². The molecule has 0 aliphatic carbocycles. The minimum Gasteiger partial charge on any atom is -0.344 e. The summed E-state index contributed by atoms with van der Waals surface area (Å²) in [6.45, 7) is 1.63. The summed E-state index contributed by atoms with van der Waals surface area (Å²) in [6.07, 6.45) is 2.48. The fourth-order valence-electron chi connectivity index (χ4n) is 4.26. The second kappa shape index (κ2) is 9.23. The molecule has 7 heteroatoms. The Kier molecular flexibility index (Phi) is 5.82. The molecular formula is C27H25N5O2. The van der Waals surface area contributed by atoms with Crippen molar-refractivity contribution in [1.29, 1.82) is 0 Å². The van der Waals surface area contributed by atoms with E-state index in [2.05, 4.69) is 15.6 Å². The highest BCUT2D eigenvalue weighted by Crippen LogP contribution is 2.25. The lowest BCUT2D eigenvalue weighted by Gasteiger charge is -2.17. The summed E-state index contributed by atoms with van der Waals surface area (Å²) in [6, 6.07) is 25.2. The van der Waals surface area contributed by atoms with Crippen LogP contribution in [0.4, 0.5) is 5.69 Å².